The molecule has 0 radical (unpaired) electrons. The SMILES string of the molecule is CCN(CC)CCOc1cc2c(cc1OC)CCNC2c1cccc(OC)c1OC. The number of rotatable bonds is 10. The molecule has 1 unspecified atom stereocenters. The van der Waals surface area contributed by atoms with Gasteiger partial charge in [0.2, 0.25) is 0 Å². The van der Waals surface area contributed by atoms with Crippen LogP contribution in [0.3, 0.4) is 0 Å². The van der Waals surface area contributed by atoms with Crippen LogP contribution >= 0.6 is 0 Å². The van der Waals surface area contributed by atoms with Crippen LogP contribution in [0.2, 0.25) is 0 Å². The molecule has 1 aliphatic rings. The minimum absolute atomic E-state index is 0.00478. The van der Waals surface area contributed by atoms with Gasteiger partial charge in [0.15, 0.2) is 23.0 Å². The first-order valence-electron chi connectivity index (χ1n) is 10.7. The molecule has 0 aliphatic carbocycles. The summed E-state index contributed by atoms with van der Waals surface area (Å²) < 4.78 is 23.0. The third-order valence-electron chi connectivity index (χ3n) is 5.78. The number of hydrogen-bond donors (Lipinski definition) is 1. The lowest BCUT2D eigenvalue weighted by atomic mass is 9.88. The Kier molecular flexibility index (Phi) is 7.82. The number of fused-ring (bicyclic) bond motifs is 1. The monoisotopic (exact) mass is 414 g/mol. The Morgan fingerprint density at radius 2 is 1.70 bits per heavy atom. The van der Waals surface area contributed by atoms with Gasteiger partial charge in [-0.05, 0) is 48.8 Å². The smallest absolute Gasteiger partial charge is 0.165 e. The average molecular weight is 415 g/mol. The molecule has 2 aromatic rings. The lowest BCUT2D eigenvalue weighted by Gasteiger charge is -2.30. The first-order valence-corrected chi connectivity index (χ1v) is 10.7. The van der Waals surface area contributed by atoms with E-state index < -0.39 is 0 Å². The van der Waals surface area contributed by atoms with Crippen LogP contribution in [0.1, 0.15) is 36.6 Å². The van der Waals surface area contributed by atoms with E-state index in [1.165, 1.54) is 11.1 Å². The third kappa shape index (κ3) is 4.65. The van der Waals surface area contributed by atoms with Crippen LogP contribution in [0.15, 0.2) is 30.3 Å². The molecule has 6 nitrogen and oxygen atoms in total. The van der Waals surface area contributed by atoms with Crippen LogP contribution in [0.4, 0.5) is 0 Å². The number of nitrogens with zero attached hydrogens (tertiary/aromatic N) is 1. The summed E-state index contributed by atoms with van der Waals surface area (Å²) in [5.41, 5.74) is 3.50. The van der Waals surface area contributed by atoms with Crippen molar-refractivity contribution in [3.63, 3.8) is 0 Å². The van der Waals surface area contributed by atoms with Crippen LogP contribution in [0.5, 0.6) is 23.0 Å². The molecule has 30 heavy (non-hydrogen) atoms. The van der Waals surface area contributed by atoms with Gasteiger partial charge in [-0.1, -0.05) is 26.0 Å². The standard InChI is InChI=1S/C24H34N2O4/c1-6-26(7-2)13-14-30-22-16-19-17(15-21(22)28-4)11-12-25-23(19)18-9-8-10-20(27-3)24(18)29-5/h8-10,15-16,23,25H,6-7,11-14H2,1-5H3. The van der Waals surface area contributed by atoms with Crippen LogP contribution in [-0.4, -0.2) is 59.0 Å². The predicted molar refractivity (Wildman–Crippen MR) is 119 cm³/mol. The zero-order valence-corrected chi connectivity index (χ0v) is 18.8. The fourth-order valence-corrected chi connectivity index (χ4v) is 4.08. The fourth-order valence-electron chi connectivity index (χ4n) is 4.08. The molecule has 0 saturated carbocycles. The van der Waals surface area contributed by atoms with Crippen molar-refractivity contribution < 1.29 is 18.9 Å². The molecule has 0 spiro atoms. The predicted octanol–water partition coefficient (Wildman–Crippen LogP) is 3.67. The van der Waals surface area contributed by atoms with Crippen molar-refractivity contribution in [2.45, 2.75) is 26.3 Å². The van der Waals surface area contributed by atoms with Crippen LogP contribution in [0, 0.1) is 0 Å². The number of ether oxygens (including phenoxy) is 4. The maximum atomic E-state index is 6.16. The lowest BCUT2D eigenvalue weighted by Crippen LogP contribution is -2.31. The van der Waals surface area contributed by atoms with E-state index in [4.69, 9.17) is 18.9 Å². The Morgan fingerprint density at radius 1 is 0.933 bits per heavy atom. The van der Waals surface area contributed by atoms with Gasteiger partial charge in [0.25, 0.3) is 0 Å². The molecule has 1 aliphatic heterocycles. The number of hydrogen-bond acceptors (Lipinski definition) is 6. The second-order valence-corrected chi connectivity index (χ2v) is 7.30. The molecule has 2 aromatic carbocycles. The van der Waals surface area contributed by atoms with Gasteiger partial charge in [-0.2, -0.15) is 0 Å². The summed E-state index contributed by atoms with van der Waals surface area (Å²) in [4.78, 5) is 2.34. The van der Waals surface area contributed by atoms with Crippen molar-refractivity contribution in [3.05, 3.63) is 47.0 Å². The van der Waals surface area contributed by atoms with Gasteiger partial charge in [0, 0.05) is 18.7 Å². The van der Waals surface area contributed by atoms with Crippen molar-refractivity contribution in [1.29, 1.82) is 0 Å². The molecular weight excluding hydrogens is 380 g/mol. The average Bonchev–Trinajstić information content (AvgIpc) is 2.80. The van der Waals surface area contributed by atoms with Gasteiger partial charge in [0.1, 0.15) is 6.61 Å². The van der Waals surface area contributed by atoms with E-state index in [1.807, 2.05) is 12.1 Å². The molecule has 6 heteroatoms. The van der Waals surface area contributed by atoms with E-state index in [2.05, 4.69) is 42.3 Å². The number of methoxy groups -OCH3 is 3. The van der Waals surface area contributed by atoms with Crippen molar-refractivity contribution in [3.8, 4) is 23.0 Å². The summed E-state index contributed by atoms with van der Waals surface area (Å²) >= 11 is 0. The van der Waals surface area contributed by atoms with Crippen LogP contribution in [0.25, 0.3) is 0 Å². The molecule has 164 valence electrons. The van der Waals surface area contributed by atoms with Crippen molar-refractivity contribution in [2.24, 2.45) is 0 Å². The number of para-hydroxylation sites is 1. The molecule has 1 atom stereocenters. The molecule has 0 aromatic heterocycles. The topological polar surface area (TPSA) is 52.2 Å². The Balaban J connectivity index is 1.94. The molecule has 1 N–H and O–H groups in total. The van der Waals surface area contributed by atoms with Gasteiger partial charge in [0.05, 0.1) is 27.4 Å². The van der Waals surface area contributed by atoms with Gasteiger partial charge in [-0.25, -0.2) is 0 Å². The van der Waals surface area contributed by atoms with E-state index in [-0.39, 0.29) is 6.04 Å². The van der Waals surface area contributed by atoms with E-state index in [0.29, 0.717) is 6.61 Å². The van der Waals surface area contributed by atoms with Crippen LogP contribution < -0.4 is 24.3 Å². The van der Waals surface area contributed by atoms with E-state index in [1.54, 1.807) is 21.3 Å². The molecule has 3 rings (SSSR count). The van der Waals surface area contributed by atoms with Gasteiger partial charge < -0.3 is 29.2 Å². The summed E-state index contributed by atoms with van der Waals surface area (Å²) in [7, 11) is 5.04. The first-order chi connectivity index (χ1) is 14.7. The van der Waals surface area contributed by atoms with E-state index >= 15 is 0 Å². The largest absolute Gasteiger partial charge is 0.493 e. The second kappa shape index (κ2) is 10.5. The molecule has 0 amide bonds. The van der Waals surface area contributed by atoms with Crippen LogP contribution in [-0.2, 0) is 6.42 Å². The summed E-state index contributed by atoms with van der Waals surface area (Å²) in [6, 6.07) is 10.2. The Morgan fingerprint density at radius 3 is 2.37 bits per heavy atom. The van der Waals surface area contributed by atoms with E-state index in [0.717, 1.165) is 61.2 Å². The Labute approximate surface area is 180 Å². The number of benzene rings is 2. The Bertz CT molecular complexity index is 836. The maximum Gasteiger partial charge on any atom is 0.165 e. The third-order valence-corrected chi connectivity index (χ3v) is 5.78. The number of nitrogens with one attached hydrogen (secondary N) is 1. The fraction of sp³-hybridized carbons (Fsp3) is 0.500. The van der Waals surface area contributed by atoms with E-state index in [9.17, 15) is 0 Å². The normalized spacial score (nSPS) is 15.6. The highest BCUT2D eigenvalue weighted by atomic mass is 16.5. The highest BCUT2D eigenvalue weighted by Gasteiger charge is 2.27. The number of likely N-dealkylation sites (N-methyl/N-ethyl adjacent to an activating group) is 1. The summed E-state index contributed by atoms with van der Waals surface area (Å²) in [5, 5.41) is 3.63. The minimum atomic E-state index is -0.00478. The highest BCUT2D eigenvalue weighted by Crippen LogP contribution is 2.42. The van der Waals surface area contributed by atoms with Crippen molar-refractivity contribution in [1.82, 2.24) is 10.2 Å². The minimum Gasteiger partial charge on any atom is -0.493 e. The molecule has 0 bridgehead atoms. The molecular formula is C24H34N2O4. The second-order valence-electron chi connectivity index (χ2n) is 7.30. The Hall–Kier alpha value is -2.44. The lowest BCUT2D eigenvalue weighted by molar-refractivity contribution is 0.217. The van der Waals surface area contributed by atoms with Crippen molar-refractivity contribution in [2.75, 3.05) is 54.1 Å². The van der Waals surface area contributed by atoms with Crippen molar-refractivity contribution >= 4 is 0 Å². The quantitative estimate of drug-likeness (QED) is 0.640. The summed E-state index contributed by atoms with van der Waals surface area (Å²) in [6.07, 6.45) is 0.939. The van der Waals surface area contributed by atoms with Gasteiger partial charge in [-0.15, -0.1) is 0 Å². The molecule has 0 fully saturated rings. The van der Waals surface area contributed by atoms with Gasteiger partial charge in [-0.3, -0.25) is 0 Å². The summed E-state index contributed by atoms with van der Waals surface area (Å²) in [6.45, 7) is 8.76. The highest BCUT2D eigenvalue weighted by molar-refractivity contribution is 5.56. The zero-order chi connectivity index (χ0) is 21.5. The maximum absolute atomic E-state index is 6.16. The van der Waals surface area contributed by atoms with Gasteiger partial charge >= 0.3 is 0 Å². The summed E-state index contributed by atoms with van der Waals surface area (Å²) in [5.74, 6) is 3.05. The molecule has 0 saturated heterocycles. The first kappa shape index (κ1) is 22.2. The molecule has 1 heterocycles. The zero-order valence-electron chi connectivity index (χ0n) is 18.8.